The second-order valence-electron chi connectivity index (χ2n) is 5.25. The summed E-state index contributed by atoms with van der Waals surface area (Å²) in [4.78, 5) is 6.31. The van der Waals surface area contributed by atoms with Gasteiger partial charge in [0.2, 0.25) is 6.79 Å². The van der Waals surface area contributed by atoms with Crippen molar-refractivity contribution in [2.45, 2.75) is 6.54 Å². The number of rotatable bonds is 3. The van der Waals surface area contributed by atoms with Crippen LogP contribution in [0.1, 0.15) is 5.69 Å². The lowest BCUT2D eigenvalue weighted by Crippen LogP contribution is -3.12. The van der Waals surface area contributed by atoms with Gasteiger partial charge >= 0.3 is 0 Å². The van der Waals surface area contributed by atoms with Crippen LogP contribution in [0.5, 0.6) is 11.5 Å². The summed E-state index contributed by atoms with van der Waals surface area (Å²) in [6.45, 7) is 5.13. The van der Waals surface area contributed by atoms with Crippen molar-refractivity contribution in [2.75, 3.05) is 33.1 Å². The summed E-state index contributed by atoms with van der Waals surface area (Å²) in [5, 5.41) is 3.19. The SMILES string of the molecule is c1cc2c(cc1-c1nc(C[NH+]3CCOCC3)cs1)OCO2. The van der Waals surface area contributed by atoms with Crippen LogP contribution >= 0.6 is 11.3 Å². The monoisotopic (exact) mass is 305 g/mol. The summed E-state index contributed by atoms with van der Waals surface area (Å²) in [6, 6.07) is 6.00. The molecule has 4 rings (SSSR count). The number of ether oxygens (including phenoxy) is 3. The van der Waals surface area contributed by atoms with Crippen LogP contribution in [-0.4, -0.2) is 38.1 Å². The Bertz CT molecular complexity index is 638. The highest BCUT2D eigenvalue weighted by molar-refractivity contribution is 7.13. The number of nitrogens with zero attached hydrogens (tertiary/aromatic N) is 1. The van der Waals surface area contributed by atoms with E-state index in [1.807, 2.05) is 18.2 Å². The smallest absolute Gasteiger partial charge is 0.231 e. The summed E-state index contributed by atoms with van der Waals surface area (Å²) in [5.41, 5.74) is 2.25. The maximum Gasteiger partial charge on any atom is 0.231 e. The molecule has 0 spiro atoms. The van der Waals surface area contributed by atoms with Crippen molar-refractivity contribution in [2.24, 2.45) is 0 Å². The predicted molar refractivity (Wildman–Crippen MR) is 78.9 cm³/mol. The van der Waals surface area contributed by atoms with Gasteiger partial charge in [0.25, 0.3) is 0 Å². The van der Waals surface area contributed by atoms with Gasteiger partial charge in [-0.15, -0.1) is 11.3 Å². The first-order chi connectivity index (χ1) is 10.4. The largest absolute Gasteiger partial charge is 0.454 e. The molecule has 110 valence electrons. The Morgan fingerprint density at radius 2 is 2.00 bits per heavy atom. The fraction of sp³-hybridized carbons (Fsp3) is 0.400. The van der Waals surface area contributed by atoms with Crippen LogP contribution in [0, 0.1) is 0 Å². The average molecular weight is 305 g/mol. The van der Waals surface area contributed by atoms with Crippen LogP contribution in [0.25, 0.3) is 10.6 Å². The Balaban J connectivity index is 1.51. The van der Waals surface area contributed by atoms with Gasteiger partial charge in [0, 0.05) is 10.9 Å². The quantitative estimate of drug-likeness (QED) is 0.917. The number of thiazole rings is 1. The molecule has 1 saturated heterocycles. The molecule has 0 unspecified atom stereocenters. The van der Waals surface area contributed by atoms with E-state index in [4.69, 9.17) is 19.2 Å². The van der Waals surface area contributed by atoms with Gasteiger partial charge < -0.3 is 19.1 Å². The lowest BCUT2D eigenvalue weighted by molar-refractivity contribution is -0.921. The number of nitrogens with one attached hydrogen (secondary N) is 1. The second-order valence-corrected chi connectivity index (χ2v) is 6.11. The molecule has 1 N–H and O–H groups in total. The van der Waals surface area contributed by atoms with Gasteiger partial charge in [-0.3, -0.25) is 0 Å². The van der Waals surface area contributed by atoms with Gasteiger partial charge in [-0.1, -0.05) is 0 Å². The maximum absolute atomic E-state index is 5.43. The zero-order chi connectivity index (χ0) is 14.1. The molecule has 0 atom stereocenters. The van der Waals surface area contributed by atoms with Gasteiger partial charge in [0.1, 0.15) is 30.3 Å². The standard InChI is InChI=1S/C15H16N2O3S/c1-2-13-14(20-10-19-13)7-11(1)15-16-12(9-21-15)8-17-3-5-18-6-4-17/h1-2,7,9H,3-6,8,10H2/p+1. The molecule has 2 aromatic rings. The minimum atomic E-state index is 0.308. The molecule has 6 heteroatoms. The fourth-order valence-electron chi connectivity index (χ4n) is 2.64. The zero-order valence-corrected chi connectivity index (χ0v) is 12.4. The highest BCUT2D eigenvalue weighted by Crippen LogP contribution is 2.36. The van der Waals surface area contributed by atoms with Gasteiger partial charge in [0.05, 0.1) is 13.2 Å². The van der Waals surface area contributed by atoms with E-state index < -0.39 is 0 Å². The number of hydrogen-bond donors (Lipinski definition) is 1. The summed E-state index contributed by atoms with van der Waals surface area (Å²) < 4.78 is 16.2. The van der Waals surface area contributed by atoms with Crippen LogP contribution in [0.15, 0.2) is 23.6 Å². The van der Waals surface area contributed by atoms with Crippen molar-refractivity contribution in [3.8, 4) is 22.1 Å². The molecular weight excluding hydrogens is 288 g/mol. The van der Waals surface area contributed by atoms with Crippen molar-refractivity contribution in [1.82, 2.24) is 4.98 Å². The van der Waals surface area contributed by atoms with E-state index in [-0.39, 0.29) is 0 Å². The summed E-state index contributed by atoms with van der Waals surface area (Å²) in [5.74, 6) is 1.62. The van der Waals surface area contributed by atoms with Crippen LogP contribution in [0.2, 0.25) is 0 Å². The van der Waals surface area contributed by atoms with Crippen LogP contribution in [0.4, 0.5) is 0 Å². The molecule has 21 heavy (non-hydrogen) atoms. The van der Waals surface area contributed by atoms with E-state index in [2.05, 4.69) is 5.38 Å². The number of aromatic nitrogens is 1. The maximum atomic E-state index is 5.43. The number of fused-ring (bicyclic) bond motifs is 1. The third-order valence-electron chi connectivity index (χ3n) is 3.80. The van der Waals surface area contributed by atoms with Crippen molar-refractivity contribution in [1.29, 1.82) is 0 Å². The Morgan fingerprint density at radius 3 is 2.90 bits per heavy atom. The van der Waals surface area contributed by atoms with Crippen LogP contribution in [-0.2, 0) is 11.3 Å². The molecule has 1 aromatic heterocycles. The third kappa shape index (κ3) is 2.74. The molecule has 0 bridgehead atoms. The number of morpholine rings is 1. The van der Waals surface area contributed by atoms with E-state index in [0.29, 0.717) is 6.79 Å². The van der Waals surface area contributed by atoms with E-state index in [0.717, 1.165) is 60.6 Å². The topological polar surface area (TPSA) is 45.0 Å². The van der Waals surface area contributed by atoms with Crippen molar-refractivity contribution < 1.29 is 19.1 Å². The fourth-order valence-corrected chi connectivity index (χ4v) is 3.46. The minimum Gasteiger partial charge on any atom is -0.454 e. The van der Waals surface area contributed by atoms with E-state index >= 15 is 0 Å². The highest BCUT2D eigenvalue weighted by Gasteiger charge is 2.18. The Kier molecular flexibility index (Phi) is 3.50. The third-order valence-corrected chi connectivity index (χ3v) is 4.74. The van der Waals surface area contributed by atoms with Gasteiger partial charge in [-0.05, 0) is 18.2 Å². The highest BCUT2D eigenvalue weighted by atomic mass is 32.1. The minimum absolute atomic E-state index is 0.308. The molecule has 3 heterocycles. The van der Waals surface area contributed by atoms with Crippen molar-refractivity contribution >= 4 is 11.3 Å². The molecule has 0 aliphatic carbocycles. The molecule has 0 saturated carbocycles. The predicted octanol–water partition coefficient (Wildman–Crippen LogP) is 0.954. The molecule has 1 fully saturated rings. The average Bonchev–Trinajstić information content (AvgIpc) is 3.16. The van der Waals surface area contributed by atoms with Gasteiger partial charge in [-0.2, -0.15) is 0 Å². The Labute approximate surface area is 127 Å². The van der Waals surface area contributed by atoms with Gasteiger partial charge in [-0.25, -0.2) is 4.98 Å². The molecule has 0 radical (unpaired) electrons. The van der Waals surface area contributed by atoms with Crippen LogP contribution in [0.3, 0.4) is 0 Å². The first kappa shape index (κ1) is 13.1. The number of hydrogen-bond acceptors (Lipinski definition) is 5. The van der Waals surface area contributed by atoms with E-state index in [1.54, 1.807) is 16.2 Å². The van der Waals surface area contributed by atoms with Gasteiger partial charge in [0.15, 0.2) is 11.5 Å². The van der Waals surface area contributed by atoms with Crippen molar-refractivity contribution in [3.05, 3.63) is 29.3 Å². The number of quaternary nitrogens is 1. The summed E-state index contributed by atoms with van der Waals surface area (Å²) >= 11 is 1.68. The van der Waals surface area contributed by atoms with Crippen molar-refractivity contribution in [3.63, 3.8) is 0 Å². The Morgan fingerprint density at radius 1 is 1.14 bits per heavy atom. The summed E-state index contributed by atoms with van der Waals surface area (Å²) in [6.07, 6.45) is 0. The molecule has 1 aromatic carbocycles. The first-order valence-electron chi connectivity index (χ1n) is 7.14. The normalized spacial score (nSPS) is 18.1. The first-order valence-corrected chi connectivity index (χ1v) is 8.02. The molecule has 2 aliphatic heterocycles. The second kappa shape index (κ2) is 5.63. The zero-order valence-electron chi connectivity index (χ0n) is 11.6. The number of benzene rings is 1. The van der Waals surface area contributed by atoms with E-state index in [9.17, 15) is 0 Å². The molecule has 2 aliphatic rings. The lowest BCUT2D eigenvalue weighted by atomic mass is 10.2. The Hall–Kier alpha value is -1.63. The molecule has 0 amide bonds. The van der Waals surface area contributed by atoms with Crippen LogP contribution < -0.4 is 14.4 Å². The van der Waals surface area contributed by atoms with E-state index in [1.165, 1.54) is 0 Å². The molecular formula is C15H17N2O3S+. The molecule has 5 nitrogen and oxygen atoms in total. The lowest BCUT2D eigenvalue weighted by Gasteiger charge is -2.22. The summed E-state index contributed by atoms with van der Waals surface area (Å²) in [7, 11) is 0.